The van der Waals surface area contributed by atoms with E-state index in [0.29, 0.717) is 5.41 Å². The first-order valence-electron chi connectivity index (χ1n) is 6.05. The van der Waals surface area contributed by atoms with Gasteiger partial charge in [0.1, 0.15) is 0 Å². The molecule has 0 amide bonds. The van der Waals surface area contributed by atoms with E-state index in [4.69, 9.17) is 0 Å². The van der Waals surface area contributed by atoms with Crippen LogP contribution < -0.4 is 5.32 Å². The third-order valence-corrected chi connectivity index (χ3v) is 4.84. The van der Waals surface area contributed by atoms with Crippen LogP contribution in [0.15, 0.2) is 15.9 Å². The van der Waals surface area contributed by atoms with Crippen molar-refractivity contribution in [3.63, 3.8) is 0 Å². The zero-order valence-corrected chi connectivity index (χ0v) is 13.6. The van der Waals surface area contributed by atoms with Crippen LogP contribution in [0.1, 0.15) is 25.1 Å². The van der Waals surface area contributed by atoms with Gasteiger partial charge in [-0.1, -0.05) is 13.8 Å². The van der Waals surface area contributed by atoms with E-state index in [1.165, 1.54) is 15.8 Å². The molecule has 0 aliphatic carbocycles. The number of hydrogen-bond acceptors (Lipinski definition) is 3. The molecular formula is C13H23BrN2S. The van der Waals surface area contributed by atoms with Crippen LogP contribution in [0.4, 0.5) is 0 Å². The summed E-state index contributed by atoms with van der Waals surface area (Å²) in [5, 5.41) is 5.45. The number of hydrogen-bond donors (Lipinski definition) is 1. The van der Waals surface area contributed by atoms with E-state index in [1.807, 2.05) is 18.4 Å². The lowest BCUT2D eigenvalue weighted by Crippen LogP contribution is -2.39. The monoisotopic (exact) mass is 318 g/mol. The van der Waals surface area contributed by atoms with E-state index in [-0.39, 0.29) is 0 Å². The van der Waals surface area contributed by atoms with Gasteiger partial charge in [-0.25, -0.2) is 0 Å². The largest absolute Gasteiger partial charge is 0.319 e. The third-order valence-electron chi connectivity index (χ3n) is 3.16. The summed E-state index contributed by atoms with van der Waals surface area (Å²) in [4.78, 5) is 3.83. The average Bonchev–Trinajstić information content (AvgIpc) is 2.64. The molecule has 0 saturated carbocycles. The Bertz CT molecular complexity index is 340. The van der Waals surface area contributed by atoms with Gasteiger partial charge in [-0.2, -0.15) is 0 Å². The number of nitrogens with one attached hydrogen (secondary N) is 1. The number of nitrogens with zero attached hydrogens (tertiary/aromatic N) is 1. The van der Waals surface area contributed by atoms with Crippen molar-refractivity contribution >= 4 is 27.3 Å². The van der Waals surface area contributed by atoms with Gasteiger partial charge in [0.2, 0.25) is 0 Å². The minimum Gasteiger partial charge on any atom is -0.319 e. The van der Waals surface area contributed by atoms with Crippen molar-refractivity contribution in [2.75, 3.05) is 27.2 Å². The van der Waals surface area contributed by atoms with Gasteiger partial charge >= 0.3 is 0 Å². The fourth-order valence-corrected chi connectivity index (χ4v) is 3.66. The van der Waals surface area contributed by atoms with Crippen LogP contribution in [0.5, 0.6) is 0 Å². The molecule has 0 saturated heterocycles. The molecule has 0 aromatic carbocycles. The Labute approximate surface area is 118 Å². The molecule has 1 aromatic rings. The number of thiophene rings is 1. The summed E-state index contributed by atoms with van der Waals surface area (Å²) in [6.07, 6.45) is 1.20. The molecule has 4 heteroatoms. The van der Waals surface area contributed by atoms with Crippen LogP contribution in [-0.2, 0) is 6.54 Å². The highest BCUT2D eigenvalue weighted by atomic mass is 79.9. The molecule has 1 aromatic heterocycles. The maximum atomic E-state index is 3.50. The second-order valence-corrected chi connectivity index (χ2v) is 7.01. The molecule has 0 fully saturated rings. The van der Waals surface area contributed by atoms with Crippen LogP contribution >= 0.6 is 27.3 Å². The first-order chi connectivity index (χ1) is 7.99. The molecule has 0 radical (unpaired) electrons. The normalized spacial score (nSPS) is 15.2. The molecule has 1 atom stereocenters. The molecule has 0 bridgehead atoms. The summed E-state index contributed by atoms with van der Waals surface area (Å²) in [5.74, 6) is 0. The summed E-state index contributed by atoms with van der Waals surface area (Å²) in [6, 6.07) is 2.21. The molecule has 2 nitrogen and oxygen atoms in total. The Balaban J connectivity index is 2.50. The highest BCUT2D eigenvalue weighted by Crippen LogP contribution is 2.24. The van der Waals surface area contributed by atoms with Crippen molar-refractivity contribution in [1.82, 2.24) is 10.2 Å². The molecule has 17 heavy (non-hydrogen) atoms. The zero-order valence-electron chi connectivity index (χ0n) is 11.2. The maximum Gasteiger partial charge on any atom is 0.0325 e. The van der Waals surface area contributed by atoms with Crippen LogP contribution in [0.3, 0.4) is 0 Å². The van der Waals surface area contributed by atoms with Crippen molar-refractivity contribution in [3.05, 3.63) is 20.8 Å². The minimum atomic E-state index is 0.359. The number of rotatable bonds is 7. The first-order valence-corrected chi connectivity index (χ1v) is 7.72. The summed E-state index contributed by atoms with van der Waals surface area (Å²) in [6.45, 7) is 7.86. The summed E-state index contributed by atoms with van der Waals surface area (Å²) in [5.41, 5.74) is 0.359. The van der Waals surface area contributed by atoms with Crippen molar-refractivity contribution in [3.8, 4) is 0 Å². The lowest BCUT2D eigenvalue weighted by atomic mass is 9.87. The standard InChI is InChI=1S/C13H23BrN2S/c1-5-13(2,9-15-3)10-16(4)7-12-6-11(14)8-17-12/h6,8,15H,5,7,9-10H2,1-4H3. The molecule has 98 valence electrons. The van der Waals surface area contributed by atoms with Gasteiger partial charge in [0, 0.05) is 34.4 Å². The molecule has 0 aliphatic heterocycles. The molecule has 0 aliphatic rings. The van der Waals surface area contributed by atoms with E-state index < -0.39 is 0 Å². The Morgan fingerprint density at radius 2 is 2.24 bits per heavy atom. The van der Waals surface area contributed by atoms with Crippen LogP contribution in [0.2, 0.25) is 0 Å². The average molecular weight is 319 g/mol. The van der Waals surface area contributed by atoms with Gasteiger partial charge in [0.15, 0.2) is 0 Å². The predicted octanol–water partition coefficient (Wildman–Crippen LogP) is 3.58. The van der Waals surface area contributed by atoms with Gasteiger partial charge in [-0.3, -0.25) is 0 Å². The second kappa shape index (κ2) is 6.88. The Morgan fingerprint density at radius 1 is 1.53 bits per heavy atom. The Kier molecular flexibility index (Phi) is 6.13. The van der Waals surface area contributed by atoms with E-state index in [1.54, 1.807) is 0 Å². The highest BCUT2D eigenvalue weighted by molar-refractivity contribution is 9.10. The fraction of sp³-hybridized carbons (Fsp3) is 0.692. The van der Waals surface area contributed by atoms with Crippen molar-refractivity contribution in [2.45, 2.75) is 26.8 Å². The van der Waals surface area contributed by atoms with E-state index in [9.17, 15) is 0 Å². The Morgan fingerprint density at radius 3 is 2.71 bits per heavy atom. The smallest absolute Gasteiger partial charge is 0.0325 e. The molecular weight excluding hydrogens is 296 g/mol. The molecule has 0 spiro atoms. The van der Waals surface area contributed by atoms with Crippen LogP contribution in [0.25, 0.3) is 0 Å². The zero-order chi connectivity index (χ0) is 12.9. The van der Waals surface area contributed by atoms with Crippen molar-refractivity contribution in [2.24, 2.45) is 5.41 Å². The SMILES string of the molecule is CCC(C)(CNC)CN(C)Cc1cc(Br)cs1. The number of halogens is 1. The van der Waals surface area contributed by atoms with Crippen LogP contribution in [0, 0.1) is 5.41 Å². The van der Waals surface area contributed by atoms with E-state index >= 15 is 0 Å². The maximum absolute atomic E-state index is 3.50. The van der Waals surface area contributed by atoms with E-state index in [0.717, 1.165) is 19.6 Å². The lowest BCUT2D eigenvalue weighted by molar-refractivity contribution is 0.179. The lowest BCUT2D eigenvalue weighted by Gasteiger charge is -2.32. The molecule has 1 N–H and O–H groups in total. The van der Waals surface area contributed by atoms with Gasteiger partial charge < -0.3 is 10.2 Å². The van der Waals surface area contributed by atoms with Gasteiger partial charge in [-0.05, 0) is 47.9 Å². The topological polar surface area (TPSA) is 15.3 Å². The van der Waals surface area contributed by atoms with Gasteiger partial charge in [0.05, 0.1) is 0 Å². The summed E-state index contributed by atoms with van der Waals surface area (Å²) < 4.78 is 1.19. The first kappa shape index (κ1) is 15.2. The molecule has 1 rings (SSSR count). The van der Waals surface area contributed by atoms with Crippen LogP contribution in [-0.4, -0.2) is 32.1 Å². The Hall–Kier alpha value is 0.1000. The molecule has 1 unspecified atom stereocenters. The van der Waals surface area contributed by atoms with Gasteiger partial charge in [0.25, 0.3) is 0 Å². The second-order valence-electron chi connectivity index (χ2n) is 5.10. The van der Waals surface area contributed by atoms with E-state index in [2.05, 4.69) is 58.5 Å². The van der Waals surface area contributed by atoms with Gasteiger partial charge in [-0.15, -0.1) is 11.3 Å². The molecule has 1 heterocycles. The summed E-state index contributed by atoms with van der Waals surface area (Å²) in [7, 11) is 4.24. The van der Waals surface area contributed by atoms with Crippen molar-refractivity contribution < 1.29 is 0 Å². The predicted molar refractivity (Wildman–Crippen MR) is 80.7 cm³/mol. The van der Waals surface area contributed by atoms with Crippen molar-refractivity contribution in [1.29, 1.82) is 0 Å². The highest BCUT2D eigenvalue weighted by Gasteiger charge is 2.23. The summed E-state index contributed by atoms with van der Waals surface area (Å²) >= 11 is 5.32. The third kappa shape index (κ3) is 5.08. The minimum absolute atomic E-state index is 0.359. The fourth-order valence-electron chi connectivity index (χ4n) is 2.13. The quantitative estimate of drug-likeness (QED) is 0.826.